The minimum absolute atomic E-state index is 0.0196. The molecule has 1 saturated heterocycles. The molecule has 156 valence electrons. The van der Waals surface area contributed by atoms with Crippen molar-refractivity contribution in [1.82, 2.24) is 9.88 Å². The molecule has 7 nitrogen and oxygen atoms in total. The first-order chi connectivity index (χ1) is 14.5. The highest BCUT2D eigenvalue weighted by Crippen LogP contribution is 2.36. The van der Waals surface area contributed by atoms with Gasteiger partial charge in [-0.3, -0.25) is 14.4 Å². The second-order valence-electron chi connectivity index (χ2n) is 7.57. The van der Waals surface area contributed by atoms with Crippen LogP contribution in [0.4, 0.5) is 11.5 Å². The molecule has 30 heavy (non-hydrogen) atoms. The molecule has 3 amide bonds. The molecule has 0 atom stereocenters. The summed E-state index contributed by atoms with van der Waals surface area (Å²) in [6.45, 7) is 3.32. The summed E-state index contributed by atoms with van der Waals surface area (Å²) in [6, 6.07) is 9.01. The first-order valence-electron chi connectivity index (χ1n) is 10.1. The molecule has 0 aliphatic carbocycles. The van der Waals surface area contributed by atoms with Gasteiger partial charge in [0.25, 0.3) is 5.91 Å². The monoisotopic (exact) mass is 424 g/mol. The van der Waals surface area contributed by atoms with Crippen LogP contribution >= 0.6 is 11.8 Å². The number of pyridine rings is 1. The van der Waals surface area contributed by atoms with Crippen LogP contribution in [0.1, 0.15) is 35.2 Å². The first kappa shape index (κ1) is 20.4. The summed E-state index contributed by atoms with van der Waals surface area (Å²) >= 11 is 1.43. The number of piperidine rings is 1. The zero-order valence-corrected chi connectivity index (χ0v) is 17.7. The number of nitrogens with zero attached hydrogens (tertiary/aromatic N) is 3. The van der Waals surface area contributed by atoms with Crippen LogP contribution in [-0.2, 0) is 9.59 Å². The maximum atomic E-state index is 12.9. The Hall–Kier alpha value is -2.87. The summed E-state index contributed by atoms with van der Waals surface area (Å²) in [4.78, 5) is 46.4. The largest absolute Gasteiger partial charge is 0.339 e. The van der Waals surface area contributed by atoms with Gasteiger partial charge in [0.2, 0.25) is 11.8 Å². The van der Waals surface area contributed by atoms with Gasteiger partial charge in [-0.05, 0) is 56.0 Å². The second-order valence-corrected chi connectivity index (χ2v) is 8.59. The number of benzene rings is 1. The average molecular weight is 425 g/mol. The number of carbonyl (C=O) groups is 3. The fourth-order valence-electron chi connectivity index (χ4n) is 3.66. The van der Waals surface area contributed by atoms with Crippen LogP contribution in [0.3, 0.4) is 0 Å². The molecule has 3 heterocycles. The number of thioether (sulfide) groups is 1. The van der Waals surface area contributed by atoms with Gasteiger partial charge in [-0.1, -0.05) is 6.07 Å². The molecule has 2 aliphatic heterocycles. The quantitative estimate of drug-likeness (QED) is 0.816. The zero-order chi connectivity index (χ0) is 21.1. The zero-order valence-electron chi connectivity index (χ0n) is 16.9. The smallest absolute Gasteiger partial charge is 0.253 e. The predicted molar refractivity (Wildman–Crippen MR) is 117 cm³/mol. The lowest BCUT2D eigenvalue weighted by atomic mass is 10.1. The van der Waals surface area contributed by atoms with Crippen LogP contribution in [-0.4, -0.2) is 53.0 Å². The number of rotatable bonds is 4. The van der Waals surface area contributed by atoms with Crippen molar-refractivity contribution in [2.45, 2.75) is 31.1 Å². The van der Waals surface area contributed by atoms with Crippen molar-refractivity contribution in [3.63, 3.8) is 0 Å². The topological polar surface area (TPSA) is 82.6 Å². The molecule has 0 spiro atoms. The van der Waals surface area contributed by atoms with E-state index in [1.807, 2.05) is 30.0 Å². The molecule has 1 fully saturated rings. The maximum Gasteiger partial charge on any atom is 0.253 e. The van der Waals surface area contributed by atoms with Gasteiger partial charge >= 0.3 is 0 Å². The summed E-state index contributed by atoms with van der Waals surface area (Å²) < 4.78 is 0. The summed E-state index contributed by atoms with van der Waals surface area (Å²) in [5.41, 5.74) is 2.17. The minimum Gasteiger partial charge on any atom is -0.339 e. The molecule has 8 heteroatoms. The number of nitrogens with one attached hydrogen (secondary N) is 1. The van der Waals surface area contributed by atoms with E-state index in [-0.39, 0.29) is 30.0 Å². The number of aryl methyl sites for hydroxylation is 1. The third-order valence-corrected chi connectivity index (χ3v) is 6.32. The maximum absolute atomic E-state index is 12.9. The van der Waals surface area contributed by atoms with E-state index in [1.165, 1.54) is 16.7 Å². The standard InChI is InChI=1S/C22H24N4O3S/c1-15-5-8-19(23-12-15)24-20(27)13-26-17-11-16(6-7-18(17)30-14-21(26)28)22(29)25-9-3-2-4-10-25/h5-8,11-12H,2-4,9-10,13-14H2,1H3,(H,23,24,27). The Morgan fingerprint density at radius 1 is 1.13 bits per heavy atom. The Bertz CT molecular complexity index is 971. The van der Waals surface area contributed by atoms with E-state index >= 15 is 0 Å². The fourth-order valence-corrected chi connectivity index (χ4v) is 4.57. The highest BCUT2D eigenvalue weighted by atomic mass is 32.2. The van der Waals surface area contributed by atoms with Crippen molar-refractivity contribution in [3.05, 3.63) is 47.7 Å². The van der Waals surface area contributed by atoms with Crippen molar-refractivity contribution < 1.29 is 14.4 Å². The first-order valence-corrected chi connectivity index (χ1v) is 11.1. The number of aromatic nitrogens is 1. The lowest BCUT2D eigenvalue weighted by molar-refractivity contribution is -0.120. The Labute approximate surface area is 179 Å². The van der Waals surface area contributed by atoms with Gasteiger partial charge < -0.3 is 15.1 Å². The predicted octanol–water partition coefficient (Wildman–Crippen LogP) is 3.09. The third-order valence-electron chi connectivity index (χ3n) is 5.27. The lowest BCUT2D eigenvalue weighted by Crippen LogP contribution is -2.41. The second kappa shape index (κ2) is 8.87. The number of hydrogen-bond acceptors (Lipinski definition) is 5. The molecular formula is C22H24N4O3S. The van der Waals surface area contributed by atoms with E-state index < -0.39 is 0 Å². The fraction of sp³-hybridized carbons (Fsp3) is 0.364. The van der Waals surface area contributed by atoms with Crippen molar-refractivity contribution in [3.8, 4) is 0 Å². The van der Waals surface area contributed by atoms with Crippen molar-refractivity contribution in [2.75, 3.05) is 35.6 Å². The van der Waals surface area contributed by atoms with E-state index in [2.05, 4.69) is 10.3 Å². The SMILES string of the molecule is Cc1ccc(NC(=O)CN2C(=O)CSc3ccc(C(=O)N4CCCCC4)cc32)nc1. The molecule has 0 bridgehead atoms. The Balaban J connectivity index is 1.53. The number of fused-ring (bicyclic) bond motifs is 1. The van der Waals surface area contributed by atoms with Gasteiger partial charge in [-0.25, -0.2) is 4.98 Å². The molecule has 2 aliphatic rings. The highest BCUT2D eigenvalue weighted by Gasteiger charge is 2.28. The molecule has 1 N–H and O–H groups in total. The lowest BCUT2D eigenvalue weighted by Gasteiger charge is -2.30. The molecule has 2 aromatic rings. The molecule has 4 rings (SSSR count). The van der Waals surface area contributed by atoms with E-state index in [9.17, 15) is 14.4 Å². The third kappa shape index (κ3) is 4.48. The Morgan fingerprint density at radius 2 is 1.93 bits per heavy atom. The van der Waals surface area contributed by atoms with Gasteiger partial charge in [-0.15, -0.1) is 11.8 Å². The number of anilines is 2. The molecular weight excluding hydrogens is 400 g/mol. The van der Waals surface area contributed by atoms with Crippen LogP contribution in [0.2, 0.25) is 0 Å². The summed E-state index contributed by atoms with van der Waals surface area (Å²) in [5, 5.41) is 2.73. The van der Waals surface area contributed by atoms with E-state index in [1.54, 1.807) is 18.3 Å². The van der Waals surface area contributed by atoms with E-state index in [4.69, 9.17) is 0 Å². The van der Waals surface area contributed by atoms with E-state index in [0.29, 0.717) is 17.1 Å². The van der Waals surface area contributed by atoms with Gasteiger partial charge in [0.1, 0.15) is 12.4 Å². The van der Waals surface area contributed by atoms with Gasteiger partial charge in [0, 0.05) is 29.7 Å². The van der Waals surface area contributed by atoms with Gasteiger partial charge in [0.15, 0.2) is 0 Å². The minimum atomic E-state index is -0.328. The summed E-state index contributed by atoms with van der Waals surface area (Å²) in [7, 11) is 0. The summed E-state index contributed by atoms with van der Waals surface area (Å²) in [5.74, 6) is 0.211. The molecule has 0 unspecified atom stereocenters. The van der Waals surface area contributed by atoms with Crippen LogP contribution in [0.15, 0.2) is 41.4 Å². The summed E-state index contributed by atoms with van der Waals surface area (Å²) in [6.07, 6.45) is 4.86. The molecule has 0 saturated carbocycles. The number of hydrogen-bond donors (Lipinski definition) is 1. The van der Waals surface area contributed by atoms with Gasteiger partial charge in [0.05, 0.1) is 11.4 Å². The van der Waals surface area contributed by atoms with Crippen molar-refractivity contribution >= 4 is 41.0 Å². The van der Waals surface area contributed by atoms with Crippen LogP contribution < -0.4 is 10.2 Å². The Kier molecular flexibility index (Phi) is 6.03. The van der Waals surface area contributed by atoms with E-state index in [0.717, 1.165) is 42.8 Å². The average Bonchev–Trinajstić information content (AvgIpc) is 2.77. The Morgan fingerprint density at radius 3 is 2.67 bits per heavy atom. The van der Waals surface area contributed by atoms with Crippen LogP contribution in [0, 0.1) is 6.92 Å². The highest BCUT2D eigenvalue weighted by molar-refractivity contribution is 8.00. The normalized spacial score (nSPS) is 16.2. The van der Waals surface area contributed by atoms with Crippen molar-refractivity contribution in [2.24, 2.45) is 0 Å². The van der Waals surface area contributed by atoms with Crippen LogP contribution in [0.25, 0.3) is 0 Å². The van der Waals surface area contributed by atoms with Crippen molar-refractivity contribution in [1.29, 1.82) is 0 Å². The number of amides is 3. The number of likely N-dealkylation sites (tertiary alicyclic amines) is 1. The number of carbonyl (C=O) groups excluding carboxylic acids is 3. The molecule has 1 aromatic carbocycles. The van der Waals surface area contributed by atoms with Gasteiger partial charge in [-0.2, -0.15) is 0 Å². The van der Waals surface area contributed by atoms with Crippen LogP contribution in [0.5, 0.6) is 0 Å². The molecule has 1 aromatic heterocycles. The molecule has 0 radical (unpaired) electrons.